The van der Waals surface area contributed by atoms with E-state index in [9.17, 15) is 0 Å². The first-order valence-electron chi connectivity index (χ1n) is 6.70. The minimum Gasteiger partial charge on any atom is -0.497 e. The van der Waals surface area contributed by atoms with Gasteiger partial charge in [-0.15, -0.1) is 0 Å². The van der Waals surface area contributed by atoms with Gasteiger partial charge in [0, 0.05) is 6.54 Å². The molecule has 2 rings (SSSR count). The molecule has 3 N–H and O–H groups in total. The lowest BCUT2D eigenvalue weighted by Crippen LogP contribution is -2.25. The smallest absolute Gasteiger partial charge is 0.119 e. The first-order valence-corrected chi connectivity index (χ1v) is 6.70. The topological polar surface area (TPSA) is 47.3 Å². The highest BCUT2D eigenvalue weighted by molar-refractivity contribution is 5.84. The van der Waals surface area contributed by atoms with Crippen LogP contribution in [0.4, 0.5) is 0 Å². The number of nitrogens with two attached hydrogens (primary N) is 1. The zero-order valence-corrected chi connectivity index (χ0v) is 11.6. The van der Waals surface area contributed by atoms with Crippen molar-refractivity contribution in [3.05, 3.63) is 42.0 Å². The van der Waals surface area contributed by atoms with Gasteiger partial charge in [-0.05, 0) is 53.5 Å². The number of hydrogen-bond donors (Lipinski definition) is 2. The molecule has 3 nitrogen and oxygen atoms in total. The lowest BCUT2D eigenvalue weighted by molar-refractivity contribution is 0.415. The third kappa shape index (κ3) is 3.69. The molecule has 0 amide bonds. The molecule has 0 heterocycles. The summed E-state index contributed by atoms with van der Waals surface area (Å²) in [5, 5.41) is 5.88. The van der Waals surface area contributed by atoms with Gasteiger partial charge in [-0.3, -0.25) is 0 Å². The Morgan fingerprint density at radius 3 is 2.63 bits per heavy atom. The number of rotatable bonds is 6. The summed E-state index contributed by atoms with van der Waals surface area (Å²) in [5.41, 5.74) is 6.89. The number of nitrogens with one attached hydrogen (secondary N) is 1. The maximum atomic E-state index is 5.60. The molecule has 0 aliphatic rings. The molecule has 0 bridgehead atoms. The molecule has 0 saturated heterocycles. The Balaban J connectivity index is 2.05. The van der Waals surface area contributed by atoms with E-state index < -0.39 is 0 Å². The molecule has 0 aliphatic heterocycles. The van der Waals surface area contributed by atoms with Gasteiger partial charge in [0.15, 0.2) is 0 Å². The Morgan fingerprint density at radius 1 is 1.16 bits per heavy atom. The summed E-state index contributed by atoms with van der Waals surface area (Å²) in [6, 6.07) is 12.7. The van der Waals surface area contributed by atoms with Crippen molar-refractivity contribution in [2.24, 2.45) is 11.7 Å². The van der Waals surface area contributed by atoms with E-state index in [-0.39, 0.29) is 0 Å². The van der Waals surface area contributed by atoms with E-state index in [0.717, 1.165) is 25.4 Å². The van der Waals surface area contributed by atoms with Crippen LogP contribution >= 0.6 is 0 Å². The molecule has 0 aliphatic carbocycles. The van der Waals surface area contributed by atoms with Crippen LogP contribution in [0.1, 0.15) is 12.5 Å². The fourth-order valence-corrected chi connectivity index (χ4v) is 2.06. The van der Waals surface area contributed by atoms with Crippen LogP contribution in [0, 0.1) is 5.92 Å². The van der Waals surface area contributed by atoms with Crippen molar-refractivity contribution in [1.29, 1.82) is 0 Å². The van der Waals surface area contributed by atoms with Crippen LogP contribution in [0.5, 0.6) is 5.75 Å². The normalized spacial score (nSPS) is 12.6. The lowest BCUT2D eigenvalue weighted by atomic mass is 10.1. The monoisotopic (exact) mass is 258 g/mol. The molecule has 102 valence electrons. The zero-order chi connectivity index (χ0) is 13.7. The third-order valence-electron chi connectivity index (χ3n) is 3.34. The standard InChI is InChI=1S/C16H22N2O/c1-12(9-17)10-18-11-13-3-4-15-8-16(19-2)6-5-14(15)7-13/h3-8,12,18H,9-11,17H2,1-2H3. The number of methoxy groups -OCH3 is 1. The molecule has 19 heavy (non-hydrogen) atoms. The second kappa shape index (κ2) is 6.55. The Morgan fingerprint density at radius 2 is 1.89 bits per heavy atom. The predicted octanol–water partition coefficient (Wildman–Crippen LogP) is 2.53. The summed E-state index contributed by atoms with van der Waals surface area (Å²) >= 11 is 0. The van der Waals surface area contributed by atoms with Crippen molar-refractivity contribution in [3.63, 3.8) is 0 Å². The highest BCUT2D eigenvalue weighted by atomic mass is 16.5. The zero-order valence-electron chi connectivity index (χ0n) is 11.6. The van der Waals surface area contributed by atoms with E-state index in [2.05, 4.69) is 42.6 Å². The number of fused-ring (bicyclic) bond motifs is 1. The van der Waals surface area contributed by atoms with E-state index in [1.165, 1.54) is 16.3 Å². The van der Waals surface area contributed by atoms with Crippen LogP contribution in [0.25, 0.3) is 10.8 Å². The highest BCUT2D eigenvalue weighted by Gasteiger charge is 2.01. The van der Waals surface area contributed by atoms with Crippen LogP contribution in [0.2, 0.25) is 0 Å². The Hall–Kier alpha value is -1.58. The second-order valence-corrected chi connectivity index (χ2v) is 5.02. The molecule has 1 atom stereocenters. The third-order valence-corrected chi connectivity index (χ3v) is 3.34. The van der Waals surface area contributed by atoms with Crippen molar-refractivity contribution in [3.8, 4) is 5.75 Å². The fraction of sp³-hybridized carbons (Fsp3) is 0.375. The number of benzene rings is 2. The van der Waals surface area contributed by atoms with Crippen molar-refractivity contribution in [2.45, 2.75) is 13.5 Å². The van der Waals surface area contributed by atoms with E-state index in [1.54, 1.807) is 7.11 Å². The maximum absolute atomic E-state index is 5.60. The number of hydrogen-bond acceptors (Lipinski definition) is 3. The van der Waals surface area contributed by atoms with Gasteiger partial charge in [-0.25, -0.2) is 0 Å². The quantitative estimate of drug-likeness (QED) is 0.837. The lowest BCUT2D eigenvalue weighted by Gasteiger charge is -2.10. The van der Waals surface area contributed by atoms with Crippen molar-refractivity contribution < 1.29 is 4.74 Å². The van der Waals surface area contributed by atoms with Crippen molar-refractivity contribution >= 4 is 10.8 Å². The van der Waals surface area contributed by atoms with E-state index in [1.807, 2.05) is 6.07 Å². The van der Waals surface area contributed by atoms with Crippen LogP contribution in [0.15, 0.2) is 36.4 Å². The van der Waals surface area contributed by atoms with Crippen molar-refractivity contribution in [1.82, 2.24) is 5.32 Å². The molecule has 2 aromatic rings. The molecule has 0 radical (unpaired) electrons. The minimum absolute atomic E-state index is 0.518. The van der Waals surface area contributed by atoms with Crippen LogP contribution in [-0.2, 0) is 6.54 Å². The van der Waals surface area contributed by atoms with E-state index in [4.69, 9.17) is 10.5 Å². The summed E-state index contributed by atoms with van der Waals surface area (Å²) in [6.07, 6.45) is 0. The van der Waals surface area contributed by atoms with Crippen LogP contribution in [0.3, 0.4) is 0 Å². The van der Waals surface area contributed by atoms with Gasteiger partial charge in [0.2, 0.25) is 0 Å². The fourth-order valence-electron chi connectivity index (χ4n) is 2.06. The Labute approximate surface area is 114 Å². The summed E-state index contributed by atoms with van der Waals surface area (Å²) in [7, 11) is 1.69. The average Bonchev–Trinajstić information content (AvgIpc) is 2.46. The van der Waals surface area contributed by atoms with Crippen LogP contribution in [-0.4, -0.2) is 20.2 Å². The first-order chi connectivity index (χ1) is 9.22. The largest absolute Gasteiger partial charge is 0.497 e. The molecular formula is C16H22N2O. The van der Waals surface area contributed by atoms with Gasteiger partial charge in [0.25, 0.3) is 0 Å². The Kier molecular flexibility index (Phi) is 4.77. The van der Waals surface area contributed by atoms with E-state index in [0.29, 0.717) is 5.92 Å². The van der Waals surface area contributed by atoms with E-state index >= 15 is 0 Å². The van der Waals surface area contributed by atoms with Gasteiger partial charge in [-0.2, -0.15) is 0 Å². The molecule has 1 unspecified atom stereocenters. The van der Waals surface area contributed by atoms with Gasteiger partial charge in [0.05, 0.1) is 7.11 Å². The summed E-state index contributed by atoms with van der Waals surface area (Å²) in [4.78, 5) is 0. The molecule has 3 heteroatoms. The first kappa shape index (κ1) is 13.8. The molecule has 0 spiro atoms. The summed E-state index contributed by atoms with van der Waals surface area (Å²) in [5.74, 6) is 1.42. The van der Waals surface area contributed by atoms with Crippen molar-refractivity contribution in [2.75, 3.05) is 20.2 Å². The molecule has 0 fully saturated rings. The molecule has 0 aromatic heterocycles. The van der Waals surface area contributed by atoms with Gasteiger partial charge >= 0.3 is 0 Å². The molecular weight excluding hydrogens is 236 g/mol. The van der Waals surface area contributed by atoms with Gasteiger partial charge in [0.1, 0.15) is 5.75 Å². The highest BCUT2D eigenvalue weighted by Crippen LogP contribution is 2.21. The molecule has 0 saturated carbocycles. The maximum Gasteiger partial charge on any atom is 0.119 e. The summed E-state index contributed by atoms with van der Waals surface area (Å²) < 4.78 is 5.23. The molecule has 2 aromatic carbocycles. The average molecular weight is 258 g/mol. The SMILES string of the molecule is COc1ccc2cc(CNCC(C)CN)ccc2c1. The Bertz CT molecular complexity index is 539. The second-order valence-electron chi connectivity index (χ2n) is 5.02. The predicted molar refractivity (Wildman–Crippen MR) is 80.4 cm³/mol. The minimum atomic E-state index is 0.518. The van der Waals surface area contributed by atoms with Gasteiger partial charge in [-0.1, -0.05) is 25.1 Å². The number of ether oxygens (including phenoxy) is 1. The van der Waals surface area contributed by atoms with Crippen LogP contribution < -0.4 is 15.8 Å². The van der Waals surface area contributed by atoms with Gasteiger partial charge < -0.3 is 15.8 Å². The summed E-state index contributed by atoms with van der Waals surface area (Å²) in [6.45, 7) is 4.72.